The second-order valence-corrected chi connectivity index (χ2v) is 6.84. The van der Waals surface area contributed by atoms with Gasteiger partial charge in [0, 0.05) is 24.2 Å². The predicted octanol–water partition coefficient (Wildman–Crippen LogP) is 3.06. The van der Waals surface area contributed by atoms with Crippen molar-refractivity contribution in [3.05, 3.63) is 34.9 Å². The Labute approximate surface area is 133 Å². The molecule has 1 unspecified atom stereocenters. The summed E-state index contributed by atoms with van der Waals surface area (Å²) in [5, 5.41) is 14.3. The van der Waals surface area contributed by atoms with Gasteiger partial charge < -0.3 is 10.4 Å². The number of nitrogens with one attached hydrogen (secondary N) is 1. The molecule has 1 aromatic carbocycles. The van der Waals surface area contributed by atoms with Crippen molar-refractivity contribution in [3.63, 3.8) is 0 Å². The van der Waals surface area contributed by atoms with Crippen LogP contribution in [-0.2, 0) is 6.54 Å². The van der Waals surface area contributed by atoms with Crippen molar-refractivity contribution in [2.75, 3.05) is 19.6 Å². The van der Waals surface area contributed by atoms with E-state index >= 15 is 0 Å². The maximum Gasteiger partial charge on any atom is 0.0741 e. The first-order valence-corrected chi connectivity index (χ1v) is 8.29. The van der Waals surface area contributed by atoms with Crippen LogP contribution in [0.5, 0.6) is 0 Å². The summed E-state index contributed by atoms with van der Waals surface area (Å²) in [5.74, 6) is 0. The summed E-state index contributed by atoms with van der Waals surface area (Å²) in [4.78, 5) is 2.49. The van der Waals surface area contributed by atoms with Gasteiger partial charge in [0.1, 0.15) is 0 Å². The molecule has 0 amide bonds. The summed E-state index contributed by atoms with van der Waals surface area (Å²) < 4.78 is 0. The molecule has 2 N–H and O–H groups in total. The van der Waals surface area contributed by atoms with E-state index in [1.54, 1.807) is 0 Å². The largest absolute Gasteiger partial charge is 0.389 e. The Hall–Kier alpha value is -0.610. The SMILES string of the molecule is CCC(C)(O)CNC1CCN(Cc2ccc(Cl)cc2)CC1. The minimum Gasteiger partial charge on any atom is -0.389 e. The van der Waals surface area contributed by atoms with Crippen molar-refractivity contribution in [3.8, 4) is 0 Å². The minimum absolute atomic E-state index is 0.532. The van der Waals surface area contributed by atoms with Gasteiger partial charge in [-0.05, 0) is 57.0 Å². The maximum absolute atomic E-state index is 10.0. The van der Waals surface area contributed by atoms with Crippen LogP contribution in [0.15, 0.2) is 24.3 Å². The van der Waals surface area contributed by atoms with E-state index in [0.29, 0.717) is 12.6 Å². The third-order valence-electron chi connectivity index (χ3n) is 4.44. The lowest BCUT2D eigenvalue weighted by atomic mass is 10.0. The van der Waals surface area contributed by atoms with Crippen LogP contribution in [0.2, 0.25) is 5.02 Å². The average molecular weight is 311 g/mol. The third-order valence-corrected chi connectivity index (χ3v) is 4.69. The molecule has 1 aliphatic rings. The van der Waals surface area contributed by atoms with E-state index in [9.17, 15) is 5.11 Å². The molecule has 3 nitrogen and oxygen atoms in total. The van der Waals surface area contributed by atoms with Crippen LogP contribution in [0.1, 0.15) is 38.7 Å². The highest BCUT2D eigenvalue weighted by atomic mass is 35.5. The van der Waals surface area contributed by atoms with Crippen molar-refractivity contribution in [2.24, 2.45) is 0 Å². The number of hydrogen-bond donors (Lipinski definition) is 2. The van der Waals surface area contributed by atoms with Crippen LogP contribution in [0.3, 0.4) is 0 Å². The number of likely N-dealkylation sites (tertiary alicyclic amines) is 1. The molecule has 1 saturated heterocycles. The van der Waals surface area contributed by atoms with Gasteiger partial charge in [-0.15, -0.1) is 0 Å². The predicted molar refractivity (Wildman–Crippen MR) is 88.7 cm³/mol. The molecule has 1 aliphatic heterocycles. The highest BCUT2D eigenvalue weighted by Gasteiger charge is 2.22. The lowest BCUT2D eigenvalue weighted by molar-refractivity contribution is 0.0491. The molecule has 1 heterocycles. The fourth-order valence-electron chi connectivity index (χ4n) is 2.63. The molecule has 0 aliphatic carbocycles. The zero-order valence-electron chi connectivity index (χ0n) is 13.1. The van der Waals surface area contributed by atoms with Crippen LogP contribution >= 0.6 is 11.6 Å². The van der Waals surface area contributed by atoms with Crippen molar-refractivity contribution in [1.29, 1.82) is 0 Å². The topological polar surface area (TPSA) is 35.5 Å². The summed E-state index contributed by atoms with van der Waals surface area (Å²) in [5.41, 5.74) is 0.736. The van der Waals surface area contributed by atoms with Crippen LogP contribution in [0.25, 0.3) is 0 Å². The van der Waals surface area contributed by atoms with Gasteiger partial charge in [-0.3, -0.25) is 4.90 Å². The van der Waals surface area contributed by atoms with E-state index < -0.39 is 5.60 Å². The quantitative estimate of drug-likeness (QED) is 0.847. The van der Waals surface area contributed by atoms with Gasteiger partial charge in [0.2, 0.25) is 0 Å². The Balaban J connectivity index is 1.72. The van der Waals surface area contributed by atoms with E-state index in [1.165, 1.54) is 5.56 Å². The van der Waals surface area contributed by atoms with Crippen LogP contribution in [-0.4, -0.2) is 41.3 Å². The molecule has 1 fully saturated rings. The van der Waals surface area contributed by atoms with Crippen molar-refractivity contribution >= 4 is 11.6 Å². The number of nitrogens with zero attached hydrogens (tertiary/aromatic N) is 1. The van der Waals surface area contributed by atoms with Crippen molar-refractivity contribution in [2.45, 2.75) is 51.3 Å². The Bertz CT molecular complexity index is 425. The van der Waals surface area contributed by atoms with Gasteiger partial charge in [-0.2, -0.15) is 0 Å². The van der Waals surface area contributed by atoms with Gasteiger partial charge in [0.15, 0.2) is 0 Å². The maximum atomic E-state index is 10.0. The first-order chi connectivity index (χ1) is 9.98. The number of hydrogen-bond acceptors (Lipinski definition) is 3. The number of halogens is 1. The first-order valence-electron chi connectivity index (χ1n) is 7.91. The molecule has 0 spiro atoms. The van der Waals surface area contributed by atoms with E-state index in [-0.39, 0.29) is 0 Å². The number of rotatable bonds is 6. The highest BCUT2D eigenvalue weighted by Crippen LogP contribution is 2.16. The van der Waals surface area contributed by atoms with Gasteiger partial charge in [0.05, 0.1) is 5.60 Å². The fraction of sp³-hybridized carbons (Fsp3) is 0.647. The highest BCUT2D eigenvalue weighted by molar-refractivity contribution is 6.30. The number of aliphatic hydroxyl groups is 1. The molecule has 0 radical (unpaired) electrons. The summed E-state index contributed by atoms with van der Waals surface area (Å²) >= 11 is 5.91. The van der Waals surface area contributed by atoms with Crippen molar-refractivity contribution < 1.29 is 5.11 Å². The lowest BCUT2D eigenvalue weighted by Gasteiger charge is -2.34. The Kier molecular flexibility index (Phi) is 6.06. The van der Waals surface area contributed by atoms with E-state index in [0.717, 1.165) is 43.9 Å². The lowest BCUT2D eigenvalue weighted by Crippen LogP contribution is -2.47. The fourth-order valence-corrected chi connectivity index (χ4v) is 2.76. The van der Waals surface area contributed by atoms with Crippen LogP contribution in [0, 0.1) is 0 Å². The molecule has 1 aromatic rings. The van der Waals surface area contributed by atoms with Gasteiger partial charge >= 0.3 is 0 Å². The van der Waals surface area contributed by atoms with E-state index in [4.69, 9.17) is 11.6 Å². The normalized spacial score (nSPS) is 20.4. The molecule has 0 saturated carbocycles. The molecular formula is C17H27ClN2O. The summed E-state index contributed by atoms with van der Waals surface area (Å²) in [6.45, 7) is 7.82. The smallest absolute Gasteiger partial charge is 0.0741 e. The Morgan fingerprint density at radius 2 is 1.90 bits per heavy atom. The minimum atomic E-state index is -0.583. The number of piperidine rings is 1. The standard InChI is InChI=1S/C17H27ClN2O/c1-3-17(2,21)13-19-16-8-10-20(11-9-16)12-14-4-6-15(18)7-5-14/h4-7,16,19,21H,3,8-13H2,1-2H3. The molecule has 0 aromatic heterocycles. The van der Waals surface area contributed by atoms with Gasteiger partial charge in [-0.1, -0.05) is 30.7 Å². The average Bonchev–Trinajstić information content (AvgIpc) is 2.49. The summed E-state index contributed by atoms with van der Waals surface area (Å²) in [7, 11) is 0. The van der Waals surface area contributed by atoms with Crippen molar-refractivity contribution in [1.82, 2.24) is 10.2 Å². The zero-order chi connectivity index (χ0) is 15.3. The van der Waals surface area contributed by atoms with Crippen LogP contribution in [0.4, 0.5) is 0 Å². The molecular weight excluding hydrogens is 284 g/mol. The summed E-state index contributed by atoms with van der Waals surface area (Å²) in [6, 6.07) is 8.65. The van der Waals surface area contributed by atoms with Crippen LogP contribution < -0.4 is 5.32 Å². The third kappa shape index (κ3) is 5.59. The Morgan fingerprint density at radius 3 is 2.48 bits per heavy atom. The molecule has 21 heavy (non-hydrogen) atoms. The first kappa shape index (κ1) is 16.8. The molecule has 118 valence electrons. The molecule has 1 atom stereocenters. The second-order valence-electron chi connectivity index (χ2n) is 6.41. The molecule has 0 bridgehead atoms. The summed E-state index contributed by atoms with van der Waals surface area (Å²) in [6.07, 6.45) is 3.08. The zero-order valence-corrected chi connectivity index (χ0v) is 13.9. The Morgan fingerprint density at radius 1 is 1.29 bits per heavy atom. The molecule has 4 heteroatoms. The van der Waals surface area contributed by atoms with Gasteiger partial charge in [0.25, 0.3) is 0 Å². The monoisotopic (exact) mass is 310 g/mol. The van der Waals surface area contributed by atoms with E-state index in [2.05, 4.69) is 22.3 Å². The van der Waals surface area contributed by atoms with Gasteiger partial charge in [-0.25, -0.2) is 0 Å². The van der Waals surface area contributed by atoms with E-state index in [1.807, 2.05) is 26.0 Å². The molecule has 2 rings (SSSR count). The number of benzene rings is 1. The second kappa shape index (κ2) is 7.59.